The van der Waals surface area contributed by atoms with Gasteiger partial charge in [-0.15, -0.1) is 6.58 Å². The summed E-state index contributed by atoms with van der Waals surface area (Å²) >= 11 is 0. The molecule has 0 saturated heterocycles. The van der Waals surface area contributed by atoms with Crippen molar-refractivity contribution in [2.24, 2.45) is 5.73 Å². The first-order valence-corrected chi connectivity index (χ1v) is 7.11. The zero-order valence-corrected chi connectivity index (χ0v) is 11.1. The van der Waals surface area contributed by atoms with E-state index in [4.69, 9.17) is 26.0 Å². The summed E-state index contributed by atoms with van der Waals surface area (Å²) in [5, 5.41) is 20.7. The fraction of sp³-hybridized carbons (Fsp3) is 0.556. The summed E-state index contributed by atoms with van der Waals surface area (Å²) in [7, 11) is -4.49. The third kappa shape index (κ3) is 7.58. The maximum atomic E-state index is 11.1. The van der Waals surface area contributed by atoms with Crippen LogP contribution in [0.15, 0.2) is 12.7 Å². The van der Waals surface area contributed by atoms with Gasteiger partial charge in [0, 0.05) is 6.54 Å². The summed E-state index contributed by atoms with van der Waals surface area (Å²) in [6.07, 6.45) is 1.47. The Labute approximate surface area is 110 Å². The smallest absolute Gasteiger partial charge is 0.346 e. The molecular formula is C9H19N4O5P. The predicted molar refractivity (Wildman–Crippen MR) is 69.7 cm³/mol. The number of hydrogen-bond acceptors (Lipinski definition) is 4. The summed E-state index contributed by atoms with van der Waals surface area (Å²) < 4.78 is 11.1. The molecule has 10 heteroatoms. The van der Waals surface area contributed by atoms with Gasteiger partial charge in [-0.1, -0.05) is 6.08 Å². The second-order valence-corrected chi connectivity index (χ2v) is 5.54. The van der Waals surface area contributed by atoms with E-state index < -0.39 is 25.4 Å². The summed E-state index contributed by atoms with van der Waals surface area (Å²) in [5.74, 6) is -2.85. The minimum absolute atomic E-state index is 0.125. The van der Waals surface area contributed by atoms with Crippen LogP contribution < -0.4 is 16.4 Å². The zero-order chi connectivity index (χ0) is 15.1. The third-order valence-electron chi connectivity index (χ3n) is 2.24. The number of rotatable bonds is 9. The van der Waals surface area contributed by atoms with Crippen LogP contribution in [0.3, 0.4) is 0 Å². The second-order valence-electron chi connectivity index (χ2n) is 3.81. The normalized spacial score (nSPS) is 14.4. The van der Waals surface area contributed by atoms with E-state index in [0.29, 0.717) is 13.0 Å². The zero-order valence-electron chi connectivity index (χ0n) is 10.2. The summed E-state index contributed by atoms with van der Waals surface area (Å²) in [4.78, 5) is 28.9. The number of nitrogens with two attached hydrogens (primary N) is 1. The number of carbonyl (C=O) groups is 1. The van der Waals surface area contributed by atoms with E-state index in [2.05, 4.69) is 17.2 Å². The Morgan fingerprint density at radius 1 is 1.53 bits per heavy atom. The average Bonchev–Trinajstić information content (AvgIpc) is 2.25. The van der Waals surface area contributed by atoms with Gasteiger partial charge in [0.25, 0.3) is 0 Å². The van der Waals surface area contributed by atoms with Gasteiger partial charge in [0.05, 0.1) is 0 Å². The fourth-order valence-electron chi connectivity index (χ4n) is 1.32. The number of aliphatic carboxylic acids is 1. The van der Waals surface area contributed by atoms with Gasteiger partial charge in [-0.05, 0) is 12.8 Å². The molecule has 0 aliphatic heterocycles. The highest BCUT2D eigenvalue weighted by atomic mass is 31.2. The average molecular weight is 294 g/mol. The van der Waals surface area contributed by atoms with E-state index in [1.807, 2.05) is 0 Å². The quantitative estimate of drug-likeness (QED) is 0.0931. The maximum Gasteiger partial charge on any atom is 0.346 e. The Balaban J connectivity index is 4.41. The standard InChI is InChI=1S/C9H19N4O5P/c1-2-7(19(16,17)18)13-6(8(14)15)4-3-5-12-9(10)11/h2,6-7,13H,1,3-5H2,(H,14,15)(H4,10,11,12)(H2,16,17,18). The lowest BCUT2D eigenvalue weighted by Crippen LogP contribution is -2.43. The Morgan fingerprint density at radius 2 is 2.11 bits per heavy atom. The molecule has 2 atom stereocenters. The highest BCUT2D eigenvalue weighted by Crippen LogP contribution is 2.40. The lowest BCUT2D eigenvalue weighted by molar-refractivity contribution is -0.139. The van der Waals surface area contributed by atoms with E-state index in [1.54, 1.807) is 0 Å². The predicted octanol–water partition coefficient (Wildman–Crippen LogP) is -1.02. The Bertz CT molecular complexity index is 383. The van der Waals surface area contributed by atoms with Crippen molar-refractivity contribution in [1.29, 1.82) is 5.41 Å². The largest absolute Gasteiger partial charge is 0.480 e. The highest BCUT2D eigenvalue weighted by Gasteiger charge is 2.30. The van der Waals surface area contributed by atoms with Crippen molar-refractivity contribution in [3.05, 3.63) is 12.7 Å². The lowest BCUT2D eigenvalue weighted by atomic mass is 10.1. The molecule has 0 aliphatic rings. The number of hydrogen-bond donors (Lipinski definition) is 7. The number of guanidine groups is 1. The van der Waals surface area contributed by atoms with Crippen LogP contribution in [0.4, 0.5) is 0 Å². The van der Waals surface area contributed by atoms with Gasteiger partial charge in [-0.3, -0.25) is 20.1 Å². The van der Waals surface area contributed by atoms with Gasteiger partial charge in [0.2, 0.25) is 0 Å². The van der Waals surface area contributed by atoms with Crippen LogP contribution in [0.2, 0.25) is 0 Å². The summed E-state index contributed by atoms with van der Waals surface area (Å²) in [5.41, 5.74) is 5.05. The van der Waals surface area contributed by atoms with Crippen LogP contribution >= 0.6 is 7.60 Å². The number of carboxylic acids is 1. The van der Waals surface area contributed by atoms with Crippen molar-refractivity contribution >= 4 is 19.5 Å². The summed E-state index contributed by atoms with van der Waals surface area (Å²) in [6, 6.07) is -1.12. The molecule has 0 radical (unpaired) electrons. The molecule has 0 rings (SSSR count). The van der Waals surface area contributed by atoms with Gasteiger partial charge in [-0.2, -0.15) is 0 Å². The van der Waals surface area contributed by atoms with Gasteiger partial charge >= 0.3 is 13.6 Å². The van der Waals surface area contributed by atoms with Crippen LogP contribution in [-0.4, -0.2) is 45.2 Å². The van der Waals surface area contributed by atoms with Crippen LogP contribution in [0.5, 0.6) is 0 Å². The minimum Gasteiger partial charge on any atom is -0.480 e. The first-order valence-electron chi connectivity index (χ1n) is 5.43. The van der Waals surface area contributed by atoms with Crippen LogP contribution in [-0.2, 0) is 9.36 Å². The Morgan fingerprint density at radius 3 is 2.47 bits per heavy atom. The fourth-order valence-corrected chi connectivity index (χ4v) is 1.96. The number of carboxylic acid groups (broad SMARTS) is 1. The van der Waals surface area contributed by atoms with Gasteiger partial charge < -0.3 is 25.9 Å². The minimum atomic E-state index is -4.49. The van der Waals surface area contributed by atoms with E-state index >= 15 is 0 Å². The number of nitrogens with one attached hydrogen (secondary N) is 3. The van der Waals surface area contributed by atoms with E-state index in [9.17, 15) is 9.36 Å². The van der Waals surface area contributed by atoms with Gasteiger partial charge in [-0.25, -0.2) is 0 Å². The molecule has 8 N–H and O–H groups in total. The Kier molecular flexibility index (Phi) is 7.32. The molecule has 9 nitrogen and oxygen atoms in total. The molecule has 0 aromatic heterocycles. The van der Waals surface area contributed by atoms with Crippen molar-refractivity contribution in [3.63, 3.8) is 0 Å². The van der Waals surface area contributed by atoms with Crippen molar-refractivity contribution in [2.75, 3.05) is 6.54 Å². The van der Waals surface area contributed by atoms with Crippen molar-refractivity contribution in [1.82, 2.24) is 10.6 Å². The second kappa shape index (κ2) is 7.90. The Hall–Kier alpha value is -1.41. The monoisotopic (exact) mass is 294 g/mol. The molecule has 0 aliphatic carbocycles. The molecule has 0 heterocycles. The van der Waals surface area contributed by atoms with Gasteiger partial charge in [0.1, 0.15) is 11.8 Å². The van der Waals surface area contributed by atoms with Crippen LogP contribution in [0.25, 0.3) is 0 Å². The van der Waals surface area contributed by atoms with Crippen molar-refractivity contribution < 1.29 is 24.3 Å². The molecule has 0 aromatic rings. The molecule has 0 bridgehead atoms. The van der Waals surface area contributed by atoms with Crippen LogP contribution in [0.1, 0.15) is 12.8 Å². The third-order valence-corrected chi connectivity index (χ3v) is 3.33. The highest BCUT2D eigenvalue weighted by molar-refractivity contribution is 7.52. The SMILES string of the molecule is C=CC(NC(CCCNC(=N)N)C(=O)O)P(=O)(O)O. The topological polar surface area (TPSA) is 169 Å². The maximum absolute atomic E-state index is 11.1. The molecule has 0 aromatic carbocycles. The lowest BCUT2D eigenvalue weighted by Gasteiger charge is -2.21. The van der Waals surface area contributed by atoms with Crippen molar-refractivity contribution in [2.45, 2.75) is 24.7 Å². The molecule has 0 spiro atoms. The molecule has 0 amide bonds. The van der Waals surface area contributed by atoms with E-state index in [1.165, 1.54) is 0 Å². The van der Waals surface area contributed by atoms with Gasteiger partial charge in [0.15, 0.2) is 5.96 Å². The molecule has 0 saturated carbocycles. The molecule has 110 valence electrons. The molecule has 2 unspecified atom stereocenters. The van der Waals surface area contributed by atoms with Crippen LogP contribution in [0, 0.1) is 5.41 Å². The van der Waals surface area contributed by atoms with E-state index in [0.717, 1.165) is 6.08 Å². The molecule has 19 heavy (non-hydrogen) atoms. The summed E-state index contributed by atoms with van der Waals surface area (Å²) in [6.45, 7) is 3.56. The molecule has 0 fully saturated rings. The first kappa shape index (κ1) is 17.6. The van der Waals surface area contributed by atoms with Crippen molar-refractivity contribution in [3.8, 4) is 0 Å². The van der Waals surface area contributed by atoms with E-state index in [-0.39, 0.29) is 12.4 Å². The molecular weight excluding hydrogens is 275 g/mol. The first-order chi connectivity index (χ1) is 8.68.